The van der Waals surface area contributed by atoms with Crippen LogP contribution in [-0.2, 0) is 9.53 Å². The molecule has 1 heterocycles. The smallest absolute Gasteiger partial charge is 0.409 e. The molecule has 2 N–H and O–H groups in total. The minimum absolute atomic E-state index is 0.0510. The third kappa shape index (κ3) is 3.23. The van der Waals surface area contributed by atoms with Gasteiger partial charge in [-0.05, 0) is 31.7 Å². The molecule has 2 rings (SSSR count). The summed E-state index contributed by atoms with van der Waals surface area (Å²) in [4.78, 5) is 27.4. The zero-order chi connectivity index (χ0) is 14.6. The van der Waals surface area contributed by atoms with Crippen LogP contribution in [0.2, 0.25) is 0 Å². The van der Waals surface area contributed by atoms with Crippen LogP contribution in [0.5, 0.6) is 0 Å². The fourth-order valence-corrected chi connectivity index (χ4v) is 2.92. The maximum Gasteiger partial charge on any atom is 0.409 e. The molecule has 0 unspecified atom stereocenters. The lowest BCUT2D eigenvalue weighted by molar-refractivity contribution is -0.136. The third-order valence-corrected chi connectivity index (χ3v) is 4.53. The average Bonchev–Trinajstić information content (AvgIpc) is 2.43. The second-order valence-electron chi connectivity index (χ2n) is 5.80. The lowest BCUT2D eigenvalue weighted by atomic mass is 9.66. The van der Waals surface area contributed by atoms with E-state index in [2.05, 4.69) is 0 Å². The number of amides is 2. The number of carbonyl (C=O) groups is 2. The first-order valence-electron chi connectivity index (χ1n) is 7.50. The summed E-state index contributed by atoms with van der Waals surface area (Å²) < 4.78 is 4.97. The van der Waals surface area contributed by atoms with Crippen molar-refractivity contribution in [3.05, 3.63) is 0 Å². The summed E-state index contributed by atoms with van der Waals surface area (Å²) in [5.41, 5.74) is 5.85. The van der Waals surface area contributed by atoms with Gasteiger partial charge in [0.2, 0.25) is 5.91 Å². The van der Waals surface area contributed by atoms with Crippen molar-refractivity contribution in [2.24, 2.45) is 11.1 Å². The normalized spacial score (nSPS) is 21.3. The van der Waals surface area contributed by atoms with E-state index in [1.807, 2.05) is 4.90 Å². The molecule has 6 heteroatoms. The Kier molecular flexibility index (Phi) is 4.86. The Balaban J connectivity index is 1.78. The van der Waals surface area contributed by atoms with Crippen LogP contribution in [0, 0.1) is 5.41 Å². The Bertz CT molecular complexity index is 355. The van der Waals surface area contributed by atoms with Gasteiger partial charge in [0.05, 0.1) is 6.61 Å². The van der Waals surface area contributed by atoms with Gasteiger partial charge in [0.25, 0.3) is 0 Å². The second-order valence-corrected chi connectivity index (χ2v) is 5.80. The number of piperazine rings is 1. The van der Waals surface area contributed by atoms with Gasteiger partial charge in [0.15, 0.2) is 0 Å². The van der Waals surface area contributed by atoms with E-state index in [9.17, 15) is 9.59 Å². The average molecular weight is 283 g/mol. The topological polar surface area (TPSA) is 75.9 Å². The summed E-state index contributed by atoms with van der Waals surface area (Å²) in [6.07, 6.45) is 3.59. The van der Waals surface area contributed by atoms with Crippen molar-refractivity contribution in [3.63, 3.8) is 0 Å². The van der Waals surface area contributed by atoms with E-state index in [1.165, 1.54) is 6.42 Å². The molecule has 1 saturated carbocycles. The van der Waals surface area contributed by atoms with E-state index >= 15 is 0 Å². The quantitative estimate of drug-likeness (QED) is 0.828. The summed E-state index contributed by atoms with van der Waals surface area (Å²) >= 11 is 0. The Morgan fingerprint density at radius 2 is 1.75 bits per heavy atom. The van der Waals surface area contributed by atoms with Gasteiger partial charge in [-0.2, -0.15) is 0 Å². The molecule has 0 aromatic rings. The van der Waals surface area contributed by atoms with Crippen LogP contribution in [0.1, 0.15) is 32.6 Å². The standard InChI is InChI=1S/C14H25N3O3/c1-2-20-13(19)17-8-6-16(7-9-17)12(18)10-14(11-15)4-3-5-14/h2-11,15H2,1H3. The highest BCUT2D eigenvalue weighted by atomic mass is 16.6. The van der Waals surface area contributed by atoms with Gasteiger partial charge in [0, 0.05) is 32.6 Å². The van der Waals surface area contributed by atoms with Crippen LogP contribution in [0.25, 0.3) is 0 Å². The minimum atomic E-state index is -0.281. The van der Waals surface area contributed by atoms with Gasteiger partial charge in [-0.25, -0.2) is 4.79 Å². The van der Waals surface area contributed by atoms with Crippen molar-refractivity contribution < 1.29 is 14.3 Å². The van der Waals surface area contributed by atoms with Gasteiger partial charge < -0.3 is 20.3 Å². The van der Waals surface area contributed by atoms with Crippen molar-refractivity contribution >= 4 is 12.0 Å². The molecule has 1 saturated heterocycles. The maximum atomic E-state index is 12.3. The molecule has 0 bridgehead atoms. The van der Waals surface area contributed by atoms with E-state index in [0.717, 1.165) is 12.8 Å². The molecule has 0 atom stereocenters. The van der Waals surface area contributed by atoms with Crippen molar-refractivity contribution in [2.45, 2.75) is 32.6 Å². The molecule has 114 valence electrons. The highest BCUT2D eigenvalue weighted by molar-refractivity contribution is 5.77. The lowest BCUT2D eigenvalue weighted by Crippen LogP contribution is -2.52. The van der Waals surface area contributed by atoms with Gasteiger partial charge >= 0.3 is 6.09 Å². The molecule has 0 aromatic carbocycles. The molecule has 6 nitrogen and oxygen atoms in total. The highest BCUT2D eigenvalue weighted by Crippen LogP contribution is 2.43. The third-order valence-electron chi connectivity index (χ3n) is 4.53. The second kappa shape index (κ2) is 6.43. The summed E-state index contributed by atoms with van der Waals surface area (Å²) in [5.74, 6) is 0.179. The molecular formula is C14H25N3O3. The molecule has 0 aromatic heterocycles. The van der Waals surface area contributed by atoms with Gasteiger partial charge in [-0.1, -0.05) is 6.42 Å². The monoisotopic (exact) mass is 283 g/mol. The number of hydrogen-bond donors (Lipinski definition) is 1. The van der Waals surface area contributed by atoms with Crippen molar-refractivity contribution in [3.8, 4) is 0 Å². The van der Waals surface area contributed by atoms with Gasteiger partial charge in [-0.3, -0.25) is 4.79 Å². The SMILES string of the molecule is CCOC(=O)N1CCN(C(=O)CC2(CN)CCC2)CC1. The first kappa shape index (κ1) is 15.1. The predicted molar refractivity (Wildman–Crippen MR) is 75.1 cm³/mol. The maximum absolute atomic E-state index is 12.3. The number of hydrogen-bond acceptors (Lipinski definition) is 4. The predicted octanol–water partition coefficient (Wildman–Crippen LogP) is 0.806. The summed E-state index contributed by atoms with van der Waals surface area (Å²) in [7, 11) is 0. The number of rotatable bonds is 4. The molecule has 20 heavy (non-hydrogen) atoms. The molecule has 2 aliphatic rings. The van der Waals surface area contributed by atoms with E-state index < -0.39 is 0 Å². The van der Waals surface area contributed by atoms with Crippen LogP contribution in [0.4, 0.5) is 4.79 Å². The van der Waals surface area contributed by atoms with Gasteiger partial charge in [-0.15, -0.1) is 0 Å². The minimum Gasteiger partial charge on any atom is -0.450 e. The van der Waals surface area contributed by atoms with E-state index in [-0.39, 0.29) is 17.4 Å². The van der Waals surface area contributed by atoms with E-state index in [0.29, 0.717) is 45.8 Å². The Morgan fingerprint density at radius 3 is 2.20 bits per heavy atom. The number of carbonyl (C=O) groups excluding carboxylic acids is 2. The first-order valence-corrected chi connectivity index (χ1v) is 7.50. The Labute approximate surface area is 120 Å². The first-order chi connectivity index (χ1) is 9.60. The summed E-state index contributed by atoms with van der Waals surface area (Å²) in [6.45, 7) is 5.08. The zero-order valence-corrected chi connectivity index (χ0v) is 12.3. The Hall–Kier alpha value is -1.30. The zero-order valence-electron chi connectivity index (χ0n) is 12.3. The lowest BCUT2D eigenvalue weighted by Gasteiger charge is -2.42. The number of nitrogens with two attached hydrogens (primary N) is 1. The van der Waals surface area contributed by atoms with Crippen molar-refractivity contribution in [1.29, 1.82) is 0 Å². The van der Waals surface area contributed by atoms with E-state index in [4.69, 9.17) is 10.5 Å². The molecule has 2 amide bonds. The molecule has 0 spiro atoms. The summed E-state index contributed by atoms with van der Waals surface area (Å²) in [5, 5.41) is 0. The summed E-state index contributed by atoms with van der Waals surface area (Å²) in [6, 6.07) is 0. The number of ether oxygens (including phenoxy) is 1. The largest absolute Gasteiger partial charge is 0.450 e. The number of nitrogens with zero attached hydrogens (tertiary/aromatic N) is 2. The van der Waals surface area contributed by atoms with Gasteiger partial charge in [0.1, 0.15) is 0 Å². The highest BCUT2D eigenvalue weighted by Gasteiger charge is 2.39. The van der Waals surface area contributed by atoms with Crippen LogP contribution < -0.4 is 5.73 Å². The van der Waals surface area contributed by atoms with Crippen molar-refractivity contribution in [1.82, 2.24) is 9.80 Å². The van der Waals surface area contributed by atoms with Crippen LogP contribution in [0.15, 0.2) is 0 Å². The molecule has 1 aliphatic heterocycles. The molecule has 2 fully saturated rings. The molecule has 1 aliphatic carbocycles. The molecule has 0 radical (unpaired) electrons. The molecular weight excluding hydrogens is 258 g/mol. The van der Waals surface area contributed by atoms with Crippen molar-refractivity contribution in [2.75, 3.05) is 39.3 Å². The van der Waals surface area contributed by atoms with Crippen LogP contribution in [0.3, 0.4) is 0 Å². The fourth-order valence-electron chi connectivity index (χ4n) is 2.92. The fraction of sp³-hybridized carbons (Fsp3) is 0.857. The van der Waals surface area contributed by atoms with E-state index in [1.54, 1.807) is 11.8 Å². The Morgan fingerprint density at radius 1 is 1.15 bits per heavy atom. The van der Waals surface area contributed by atoms with Crippen LogP contribution in [-0.4, -0.2) is 61.1 Å². The van der Waals surface area contributed by atoms with Crippen LogP contribution >= 0.6 is 0 Å².